The van der Waals surface area contributed by atoms with E-state index in [1.54, 1.807) is 24.6 Å². The molecule has 0 atom stereocenters. The van der Waals surface area contributed by atoms with Gasteiger partial charge in [-0.25, -0.2) is 15.0 Å². The van der Waals surface area contributed by atoms with Crippen molar-refractivity contribution < 1.29 is 14.2 Å². The van der Waals surface area contributed by atoms with Gasteiger partial charge in [0.1, 0.15) is 5.75 Å². The molecule has 4 heterocycles. The van der Waals surface area contributed by atoms with Crippen LogP contribution in [-0.2, 0) is 0 Å². The lowest BCUT2D eigenvalue weighted by atomic mass is 9.90. The number of methoxy groups -OCH3 is 1. The summed E-state index contributed by atoms with van der Waals surface area (Å²) >= 11 is 3.19. The van der Waals surface area contributed by atoms with Gasteiger partial charge in [0.15, 0.2) is 16.7 Å². The molecular formula is C32H23N3O3S2. The lowest BCUT2D eigenvalue weighted by Gasteiger charge is -2.19. The number of ether oxygens (including phenoxy) is 3. The third-order valence-electron chi connectivity index (χ3n) is 6.87. The zero-order valence-electron chi connectivity index (χ0n) is 21.8. The second kappa shape index (κ2) is 10.3. The molecule has 3 aromatic carbocycles. The van der Waals surface area contributed by atoms with Crippen LogP contribution >= 0.6 is 23.1 Å². The smallest absolute Gasteiger partial charge is 0.231 e. The van der Waals surface area contributed by atoms with Crippen molar-refractivity contribution in [1.29, 1.82) is 0 Å². The first-order valence-corrected chi connectivity index (χ1v) is 14.8. The minimum atomic E-state index is 0.154. The number of thiophene rings is 1. The van der Waals surface area contributed by atoms with Gasteiger partial charge in [0.25, 0.3) is 0 Å². The number of benzene rings is 3. The van der Waals surface area contributed by atoms with Crippen molar-refractivity contribution in [3.63, 3.8) is 0 Å². The SMILES string of the molecule is COc1ccccc1-c1c(-c2cccs2)c(-c2cc3c(c(-c4ccnc(SC)n4)c2)OCO3)nc2ccccc12. The lowest BCUT2D eigenvalue weighted by molar-refractivity contribution is 0.174. The number of hydrogen-bond acceptors (Lipinski definition) is 8. The van der Waals surface area contributed by atoms with E-state index in [9.17, 15) is 0 Å². The molecule has 8 heteroatoms. The van der Waals surface area contributed by atoms with Gasteiger partial charge in [-0.2, -0.15) is 0 Å². The normalized spacial score (nSPS) is 12.2. The van der Waals surface area contributed by atoms with E-state index in [4.69, 9.17) is 24.2 Å². The predicted octanol–water partition coefficient (Wildman–Crippen LogP) is 8.21. The van der Waals surface area contributed by atoms with E-state index in [2.05, 4.69) is 52.8 Å². The molecule has 196 valence electrons. The largest absolute Gasteiger partial charge is 0.496 e. The van der Waals surface area contributed by atoms with E-state index in [1.165, 1.54) is 11.8 Å². The first-order chi connectivity index (χ1) is 19.7. The Morgan fingerprint density at radius 3 is 2.60 bits per heavy atom. The third-order valence-corrected chi connectivity index (χ3v) is 8.32. The lowest BCUT2D eigenvalue weighted by Crippen LogP contribution is -1.98. The van der Waals surface area contributed by atoms with Crippen LogP contribution in [0.3, 0.4) is 0 Å². The van der Waals surface area contributed by atoms with E-state index in [0.717, 1.165) is 60.7 Å². The topological polar surface area (TPSA) is 66.4 Å². The zero-order chi connectivity index (χ0) is 27.1. The van der Waals surface area contributed by atoms with Gasteiger partial charge in [-0.05, 0) is 48.0 Å². The summed E-state index contributed by atoms with van der Waals surface area (Å²) in [5.41, 5.74) is 7.39. The molecule has 1 aliphatic rings. The van der Waals surface area contributed by atoms with E-state index in [0.29, 0.717) is 16.7 Å². The summed E-state index contributed by atoms with van der Waals surface area (Å²) < 4.78 is 17.7. The quantitative estimate of drug-likeness (QED) is 0.150. The van der Waals surface area contributed by atoms with Gasteiger partial charge in [-0.3, -0.25) is 0 Å². The number of rotatable bonds is 6. The molecule has 40 heavy (non-hydrogen) atoms. The molecular weight excluding hydrogens is 539 g/mol. The van der Waals surface area contributed by atoms with Crippen LogP contribution in [0, 0.1) is 0 Å². The average molecular weight is 562 g/mol. The summed E-state index contributed by atoms with van der Waals surface area (Å²) in [5, 5.41) is 3.84. The highest BCUT2D eigenvalue weighted by Gasteiger charge is 2.26. The first kappa shape index (κ1) is 24.6. The molecule has 0 saturated heterocycles. The number of nitrogens with zero attached hydrogens (tertiary/aromatic N) is 3. The summed E-state index contributed by atoms with van der Waals surface area (Å²) in [7, 11) is 1.71. The number of fused-ring (bicyclic) bond motifs is 2. The minimum absolute atomic E-state index is 0.154. The van der Waals surface area contributed by atoms with Gasteiger partial charge < -0.3 is 14.2 Å². The van der Waals surface area contributed by atoms with Crippen LogP contribution in [0.5, 0.6) is 17.2 Å². The molecule has 0 saturated carbocycles. The van der Waals surface area contributed by atoms with Gasteiger partial charge >= 0.3 is 0 Å². The number of aromatic nitrogens is 3. The fourth-order valence-electron chi connectivity index (χ4n) is 5.14. The molecule has 0 aliphatic carbocycles. The van der Waals surface area contributed by atoms with Gasteiger partial charge in [-0.1, -0.05) is 54.2 Å². The highest BCUT2D eigenvalue weighted by atomic mass is 32.2. The van der Waals surface area contributed by atoms with Crippen LogP contribution in [-0.4, -0.2) is 35.1 Å². The predicted molar refractivity (Wildman–Crippen MR) is 161 cm³/mol. The molecule has 0 spiro atoms. The number of hydrogen-bond donors (Lipinski definition) is 0. The Bertz CT molecular complexity index is 1870. The van der Waals surface area contributed by atoms with Crippen LogP contribution < -0.4 is 14.2 Å². The van der Waals surface area contributed by atoms with Crippen LogP contribution in [0.1, 0.15) is 0 Å². The third kappa shape index (κ3) is 4.16. The Morgan fingerprint density at radius 2 is 1.75 bits per heavy atom. The molecule has 3 aromatic heterocycles. The summed E-state index contributed by atoms with van der Waals surface area (Å²) in [6, 6.07) is 26.6. The molecule has 0 fully saturated rings. The Labute approximate surface area is 239 Å². The first-order valence-electron chi connectivity index (χ1n) is 12.7. The van der Waals surface area contributed by atoms with E-state index in [1.807, 2.05) is 42.7 Å². The molecule has 1 aliphatic heterocycles. The maximum absolute atomic E-state index is 5.93. The van der Waals surface area contributed by atoms with E-state index < -0.39 is 0 Å². The number of thioether (sulfide) groups is 1. The Kier molecular flexibility index (Phi) is 6.34. The Morgan fingerprint density at radius 1 is 0.875 bits per heavy atom. The molecule has 7 rings (SSSR count). The van der Waals surface area contributed by atoms with Gasteiger partial charge in [-0.15, -0.1) is 11.3 Å². The molecule has 6 nitrogen and oxygen atoms in total. The summed E-state index contributed by atoms with van der Waals surface area (Å²) in [6.07, 6.45) is 3.74. The van der Waals surface area contributed by atoms with Crippen molar-refractivity contribution in [2.24, 2.45) is 0 Å². The monoisotopic (exact) mass is 561 g/mol. The van der Waals surface area contributed by atoms with E-state index >= 15 is 0 Å². The molecule has 0 amide bonds. The number of para-hydroxylation sites is 2. The van der Waals surface area contributed by atoms with Crippen LogP contribution in [0.15, 0.2) is 95.6 Å². The van der Waals surface area contributed by atoms with Crippen LogP contribution in [0.25, 0.3) is 55.0 Å². The Hall–Kier alpha value is -4.40. The molecule has 0 N–H and O–H groups in total. The molecule has 0 bridgehead atoms. The summed E-state index contributed by atoms with van der Waals surface area (Å²) in [6.45, 7) is 0.154. The minimum Gasteiger partial charge on any atom is -0.496 e. The van der Waals surface area contributed by atoms with Gasteiger partial charge in [0, 0.05) is 44.3 Å². The van der Waals surface area contributed by atoms with Crippen LogP contribution in [0.4, 0.5) is 0 Å². The fraction of sp³-hybridized carbons (Fsp3) is 0.0938. The van der Waals surface area contributed by atoms with Crippen molar-refractivity contribution in [2.75, 3.05) is 20.2 Å². The summed E-state index contributed by atoms with van der Waals surface area (Å²) in [4.78, 5) is 15.5. The number of pyridine rings is 1. The molecule has 0 unspecified atom stereocenters. The molecule has 0 radical (unpaired) electrons. The molecule has 6 aromatic rings. The maximum atomic E-state index is 5.93. The van der Waals surface area contributed by atoms with Crippen molar-refractivity contribution in [3.05, 3.63) is 90.4 Å². The van der Waals surface area contributed by atoms with Crippen molar-refractivity contribution >= 4 is 34.0 Å². The second-order valence-corrected chi connectivity index (χ2v) is 10.8. The Balaban J connectivity index is 1.58. The average Bonchev–Trinajstić information content (AvgIpc) is 3.72. The highest BCUT2D eigenvalue weighted by molar-refractivity contribution is 7.98. The summed E-state index contributed by atoms with van der Waals surface area (Å²) in [5.74, 6) is 2.15. The maximum Gasteiger partial charge on any atom is 0.231 e. The van der Waals surface area contributed by atoms with E-state index in [-0.39, 0.29) is 6.79 Å². The zero-order valence-corrected chi connectivity index (χ0v) is 23.4. The van der Waals surface area contributed by atoms with Crippen molar-refractivity contribution in [1.82, 2.24) is 15.0 Å². The van der Waals surface area contributed by atoms with Crippen molar-refractivity contribution in [2.45, 2.75) is 5.16 Å². The fourth-order valence-corrected chi connectivity index (χ4v) is 6.27. The second-order valence-electron chi connectivity index (χ2n) is 9.09. The van der Waals surface area contributed by atoms with Crippen molar-refractivity contribution in [3.8, 4) is 61.3 Å². The van der Waals surface area contributed by atoms with Gasteiger partial charge in [0.2, 0.25) is 6.79 Å². The standard InChI is InChI=1S/C32H23N3O3S2/c1-36-25-11-6-4-9-21(25)28-20-8-3-5-10-23(20)34-30(29(28)27-12-7-15-40-27)19-16-22(31-26(17-19)37-18-38-31)24-13-14-33-32(35-24)39-2/h3-17H,18H2,1-2H3. The highest BCUT2D eigenvalue weighted by Crippen LogP contribution is 2.50. The van der Waals surface area contributed by atoms with Gasteiger partial charge in [0.05, 0.1) is 24.0 Å². The van der Waals surface area contributed by atoms with Crippen LogP contribution in [0.2, 0.25) is 0 Å².